The first-order chi connectivity index (χ1) is 16.9. The molecule has 9 heteroatoms. The largest absolute Gasteiger partial charge is 0.353 e. The molecule has 0 aromatic heterocycles. The Morgan fingerprint density at radius 1 is 0.886 bits per heavy atom. The lowest BCUT2D eigenvalue weighted by Gasteiger charge is -2.35. The second-order valence-corrected chi connectivity index (χ2v) is 9.16. The number of amides is 3. The molecule has 0 unspecified atom stereocenters. The molecule has 0 spiro atoms. The van der Waals surface area contributed by atoms with Gasteiger partial charge in [0.1, 0.15) is 11.6 Å². The van der Waals surface area contributed by atoms with E-state index in [1.165, 1.54) is 4.90 Å². The van der Waals surface area contributed by atoms with Crippen molar-refractivity contribution in [1.29, 1.82) is 0 Å². The van der Waals surface area contributed by atoms with Crippen molar-refractivity contribution < 1.29 is 23.2 Å². The van der Waals surface area contributed by atoms with Crippen LogP contribution >= 0.6 is 0 Å². The molecule has 2 saturated heterocycles. The fourth-order valence-electron chi connectivity index (χ4n) is 4.66. The van der Waals surface area contributed by atoms with E-state index in [4.69, 9.17) is 0 Å². The van der Waals surface area contributed by atoms with E-state index in [0.717, 1.165) is 43.8 Å². The number of carbonyl (C=O) groups excluding carboxylic acids is 3. The zero-order valence-corrected chi connectivity index (χ0v) is 19.5. The molecule has 0 aliphatic carbocycles. The summed E-state index contributed by atoms with van der Waals surface area (Å²) in [5.41, 5.74) is 0.619. The number of nitrogens with one attached hydrogen (secondary N) is 2. The third kappa shape index (κ3) is 6.63. The van der Waals surface area contributed by atoms with E-state index in [-0.39, 0.29) is 29.3 Å². The van der Waals surface area contributed by atoms with Gasteiger partial charge in [0.25, 0.3) is 5.91 Å². The number of benzene rings is 2. The Morgan fingerprint density at radius 3 is 2.23 bits per heavy atom. The molecule has 2 N–H and O–H groups in total. The number of carbonyl (C=O) groups is 3. The molecule has 0 atom stereocenters. The van der Waals surface area contributed by atoms with Crippen LogP contribution in [-0.2, 0) is 9.59 Å². The molecule has 0 radical (unpaired) electrons. The van der Waals surface area contributed by atoms with Crippen molar-refractivity contribution in [2.45, 2.75) is 31.7 Å². The first-order valence-corrected chi connectivity index (χ1v) is 12.0. The second kappa shape index (κ2) is 11.4. The first-order valence-electron chi connectivity index (χ1n) is 12.0. The fourth-order valence-corrected chi connectivity index (χ4v) is 4.66. The van der Waals surface area contributed by atoms with Gasteiger partial charge in [-0.25, -0.2) is 8.78 Å². The van der Waals surface area contributed by atoms with Crippen LogP contribution in [0.25, 0.3) is 0 Å². The van der Waals surface area contributed by atoms with Gasteiger partial charge in [-0.15, -0.1) is 0 Å². The molecule has 0 saturated carbocycles. The monoisotopic (exact) mass is 484 g/mol. The van der Waals surface area contributed by atoms with Crippen molar-refractivity contribution in [3.8, 4) is 0 Å². The predicted octanol–water partition coefficient (Wildman–Crippen LogP) is 3.04. The highest BCUT2D eigenvalue weighted by Crippen LogP contribution is 2.22. The lowest BCUT2D eigenvalue weighted by atomic mass is 9.94. The van der Waals surface area contributed by atoms with E-state index < -0.39 is 17.5 Å². The van der Waals surface area contributed by atoms with Crippen molar-refractivity contribution in [3.63, 3.8) is 0 Å². The normalized spacial score (nSPS) is 17.7. The van der Waals surface area contributed by atoms with Crippen LogP contribution in [0.3, 0.4) is 0 Å². The Labute approximate surface area is 203 Å². The molecule has 2 aliphatic rings. The summed E-state index contributed by atoms with van der Waals surface area (Å²) >= 11 is 0. The zero-order valence-electron chi connectivity index (χ0n) is 19.5. The van der Waals surface area contributed by atoms with Gasteiger partial charge in [-0.3, -0.25) is 19.3 Å². The summed E-state index contributed by atoms with van der Waals surface area (Å²) in [6, 6.07) is 12.3. The third-order valence-electron chi connectivity index (χ3n) is 6.67. The number of hydrogen-bond acceptors (Lipinski definition) is 4. The number of anilines is 1. The van der Waals surface area contributed by atoms with E-state index >= 15 is 0 Å². The molecule has 3 amide bonds. The Balaban J connectivity index is 1.17. The minimum absolute atomic E-state index is 0.0228. The minimum atomic E-state index is -0.876. The summed E-state index contributed by atoms with van der Waals surface area (Å²) in [7, 11) is 0. The second-order valence-electron chi connectivity index (χ2n) is 9.16. The lowest BCUT2D eigenvalue weighted by Crippen LogP contribution is -2.49. The number of halogens is 2. The molecule has 35 heavy (non-hydrogen) atoms. The van der Waals surface area contributed by atoms with Crippen molar-refractivity contribution >= 4 is 23.4 Å². The third-order valence-corrected chi connectivity index (χ3v) is 6.67. The van der Waals surface area contributed by atoms with Crippen LogP contribution in [0.2, 0.25) is 0 Å². The van der Waals surface area contributed by atoms with Crippen molar-refractivity contribution in [2.24, 2.45) is 5.92 Å². The molecular weight excluding hydrogens is 454 g/mol. The van der Waals surface area contributed by atoms with Gasteiger partial charge in [0.05, 0.1) is 12.1 Å². The number of hydrogen-bond donors (Lipinski definition) is 2. The summed E-state index contributed by atoms with van der Waals surface area (Å²) in [5.74, 6) is -2.36. The summed E-state index contributed by atoms with van der Waals surface area (Å²) in [6.07, 6.45) is 2.54. The van der Waals surface area contributed by atoms with Crippen LogP contribution in [0.4, 0.5) is 14.5 Å². The Bertz CT molecular complexity index is 1050. The molecule has 186 valence electrons. The number of nitrogens with zero attached hydrogens (tertiary/aromatic N) is 2. The van der Waals surface area contributed by atoms with Crippen LogP contribution in [0.15, 0.2) is 48.5 Å². The predicted molar refractivity (Wildman–Crippen MR) is 128 cm³/mol. The van der Waals surface area contributed by atoms with Gasteiger partial charge in [-0.05, 0) is 49.9 Å². The summed E-state index contributed by atoms with van der Waals surface area (Å²) < 4.78 is 27.1. The molecule has 2 aliphatic heterocycles. The van der Waals surface area contributed by atoms with E-state index in [9.17, 15) is 23.2 Å². The Morgan fingerprint density at radius 2 is 1.57 bits per heavy atom. The zero-order chi connectivity index (χ0) is 24.8. The Hall–Kier alpha value is -3.33. The highest BCUT2D eigenvalue weighted by molar-refractivity contribution is 5.94. The maximum absolute atomic E-state index is 13.9. The van der Waals surface area contributed by atoms with E-state index in [0.29, 0.717) is 38.5 Å². The maximum atomic E-state index is 13.9. The molecule has 2 aromatic carbocycles. The van der Waals surface area contributed by atoms with E-state index in [1.54, 1.807) is 0 Å². The average Bonchev–Trinajstić information content (AvgIpc) is 2.85. The van der Waals surface area contributed by atoms with Crippen molar-refractivity contribution in [1.82, 2.24) is 15.1 Å². The minimum Gasteiger partial charge on any atom is -0.353 e. The summed E-state index contributed by atoms with van der Waals surface area (Å²) in [5, 5.41) is 6.01. The fraction of sp³-hybridized carbons (Fsp3) is 0.423. The average molecular weight is 485 g/mol. The molecule has 2 aromatic rings. The van der Waals surface area contributed by atoms with Crippen molar-refractivity contribution in [2.75, 3.05) is 38.0 Å². The van der Waals surface area contributed by atoms with Crippen LogP contribution in [-0.4, -0.2) is 66.3 Å². The number of likely N-dealkylation sites (tertiary alicyclic amines) is 2. The topological polar surface area (TPSA) is 81.8 Å². The van der Waals surface area contributed by atoms with Crippen molar-refractivity contribution in [3.05, 3.63) is 65.7 Å². The molecule has 2 fully saturated rings. The number of rotatable bonds is 6. The van der Waals surface area contributed by atoms with Gasteiger partial charge in [0.15, 0.2) is 0 Å². The molecular formula is C26H30F2N4O3. The summed E-state index contributed by atoms with van der Waals surface area (Å²) in [6.45, 7) is 2.47. The van der Waals surface area contributed by atoms with Crippen LogP contribution in [0, 0.1) is 17.6 Å². The van der Waals surface area contributed by atoms with E-state index in [2.05, 4.69) is 15.5 Å². The van der Waals surface area contributed by atoms with Gasteiger partial charge in [-0.1, -0.05) is 18.2 Å². The highest BCUT2D eigenvalue weighted by atomic mass is 19.1. The van der Waals surface area contributed by atoms with Crippen LogP contribution < -0.4 is 10.6 Å². The van der Waals surface area contributed by atoms with E-state index in [1.807, 2.05) is 30.3 Å². The smallest absolute Gasteiger partial charge is 0.256 e. The SMILES string of the molecule is O=C(CN1CCC(NC(=O)C2CCN(C(=O)c3ccc(F)cc3F)CC2)CC1)Nc1ccccc1. The standard InChI is InChI=1S/C26H30F2N4O3/c27-19-6-7-22(23(28)16-19)26(35)32-14-8-18(9-15-32)25(34)30-21-10-12-31(13-11-21)17-24(33)29-20-4-2-1-3-5-20/h1-7,16,18,21H,8-15,17H2,(H,29,33)(H,30,34). The molecule has 2 heterocycles. The van der Waals surface area contributed by atoms with Gasteiger partial charge in [0, 0.05) is 49.9 Å². The van der Waals surface area contributed by atoms with Gasteiger partial charge < -0.3 is 15.5 Å². The molecule has 0 bridgehead atoms. The highest BCUT2D eigenvalue weighted by Gasteiger charge is 2.30. The van der Waals surface area contributed by atoms with Crippen LogP contribution in [0.1, 0.15) is 36.0 Å². The van der Waals surface area contributed by atoms with Crippen LogP contribution in [0.5, 0.6) is 0 Å². The summed E-state index contributed by atoms with van der Waals surface area (Å²) in [4.78, 5) is 41.2. The number of para-hydroxylation sites is 1. The maximum Gasteiger partial charge on any atom is 0.256 e. The molecule has 7 nitrogen and oxygen atoms in total. The van der Waals surface area contributed by atoms with Gasteiger partial charge in [-0.2, -0.15) is 0 Å². The van der Waals surface area contributed by atoms with Gasteiger partial charge in [0.2, 0.25) is 11.8 Å². The quantitative estimate of drug-likeness (QED) is 0.661. The van der Waals surface area contributed by atoms with Gasteiger partial charge >= 0.3 is 0 Å². The molecule has 4 rings (SSSR count). The number of piperidine rings is 2. The Kier molecular flexibility index (Phi) is 8.07. The lowest BCUT2D eigenvalue weighted by molar-refractivity contribution is -0.127. The first kappa shape index (κ1) is 24.8.